The fourth-order valence-corrected chi connectivity index (χ4v) is 3.94. The van der Waals surface area contributed by atoms with Crippen LogP contribution in [0.25, 0.3) is 10.9 Å². The molecule has 1 atom stereocenters. The third-order valence-electron chi connectivity index (χ3n) is 4.77. The number of fused-ring (bicyclic) bond motifs is 2. The van der Waals surface area contributed by atoms with Crippen LogP contribution in [-0.2, 0) is 6.42 Å². The number of ketones is 1. The first kappa shape index (κ1) is 17.4. The summed E-state index contributed by atoms with van der Waals surface area (Å²) in [5.41, 5.74) is 1.03. The lowest BCUT2D eigenvalue weighted by molar-refractivity contribution is 0.0949. The van der Waals surface area contributed by atoms with Crippen molar-refractivity contribution in [3.8, 4) is 0 Å². The lowest BCUT2D eigenvalue weighted by atomic mass is 9.81. The molecule has 1 N–H and O–H groups in total. The number of carbonyl (C=O) groups is 1. The fraction of sp³-hybridized carbons (Fsp3) is 0.158. The van der Waals surface area contributed by atoms with E-state index in [0.717, 1.165) is 10.3 Å². The zero-order valence-corrected chi connectivity index (χ0v) is 15.6. The molecule has 3 aromatic rings. The van der Waals surface area contributed by atoms with Gasteiger partial charge in [0.15, 0.2) is 5.78 Å². The molecular weight excluding hydrogens is 397 g/mol. The molecule has 0 saturated carbocycles. The first-order chi connectivity index (χ1) is 12.4. The second-order valence-corrected chi connectivity index (χ2v) is 7.58. The van der Waals surface area contributed by atoms with E-state index in [4.69, 9.17) is 34.8 Å². The third kappa shape index (κ3) is 2.69. The predicted molar refractivity (Wildman–Crippen MR) is 102 cm³/mol. The van der Waals surface area contributed by atoms with E-state index in [0.29, 0.717) is 11.4 Å². The summed E-state index contributed by atoms with van der Waals surface area (Å²) < 4.78 is 0.883. The second-order valence-electron chi connectivity index (χ2n) is 6.33. The summed E-state index contributed by atoms with van der Waals surface area (Å²) >= 11 is 17.9. The smallest absolute Gasteiger partial charge is 0.200 e. The molecule has 7 heteroatoms. The fourth-order valence-electron chi connectivity index (χ4n) is 3.49. The number of halogens is 3. The number of benzene rings is 2. The van der Waals surface area contributed by atoms with Crippen molar-refractivity contribution in [3.05, 3.63) is 78.5 Å². The van der Waals surface area contributed by atoms with Gasteiger partial charge in [-0.05, 0) is 42.2 Å². The van der Waals surface area contributed by atoms with Crippen LogP contribution in [0.1, 0.15) is 34.0 Å². The highest BCUT2D eigenvalue weighted by atomic mass is 35.5. The van der Waals surface area contributed by atoms with Gasteiger partial charge in [0.1, 0.15) is 0 Å². The number of pyridine rings is 1. The molecular formula is C19H12Cl3NO3. The Morgan fingerprint density at radius 1 is 0.962 bits per heavy atom. The molecule has 0 fully saturated rings. The topological polar surface area (TPSA) is 59.3 Å². The van der Waals surface area contributed by atoms with E-state index in [1.54, 1.807) is 12.1 Å². The molecule has 0 saturated heterocycles. The minimum Gasteiger partial charge on any atom is -0.428 e. The van der Waals surface area contributed by atoms with E-state index >= 15 is 0 Å². The van der Waals surface area contributed by atoms with E-state index in [1.165, 1.54) is 12.1 Å². The molecule has 0 bridgehead atoms. The number of nitrogens with zero attached hydrogens (tertiary/aromatic N) is 1. The van der Waals surface area contributed by atoms with Crippen molar-refractivity contribution in [2.75, 3.05) is 0 Å². The first-order valence-electron chi connectivity index (χ1n) is 7.91. The molecule has 1 unspecified atom stereocenters. The van der Waals surface area contributed by atoms with Gasteiger partial charge in [0.05, 0.1) is 32.2 Å². The number of aromatic nitrogens is 1. The monoisotopic (exact) mass is 407 g/mol. The van der Waals surface area contributed by atoms with Gasteiger partial charge in [-0.15, -0.1) is 0 Å². The Labute approximate surface area is 163 Å². The Morgan fingerprint density at radius 2 is 1.62 bits per heavy atom. The predicted octanol–water partition coefficient (Wildman–Crippen LogP) is 5.11. The van der Waals surface area contributed by atoms with Crippen molar-refractivity contribution >= 4 is 51.5 Å². The third-order valence-corrected chi connectivity index (χ3v) is 5.75. The van der Waals surface area contributed by atoms with Crippen molar-refractivity contribution in [1.29, 1.82) is 0 Å². The van der Waals surface area contributed by atoms with Crippen LogP contribution in [0.15, 0.2) is 41.2 Å². The maximum Gasteiger partial charge on any atom is 0.200 e. The van der Waals surface area contributed by atoms with Gasteiger partial charge in [-0.2, -0.15) is 4.73 Å². The minimum absolute atomic E-state index is 0.0172. The molecule has 1 aromatic heterocycles. The van der Waals surface area contributed by atoms with Crippen LogP contribution in [0.4, 0.5) is 0 Å². The van der Waals surface area contributed by atoms with E-state index in [1.807, 2.05) is 12.1 Å². The SMILES string of the molecule is O=C1CC(c2ccc(Cl)cc2)Cc2c1c(=O)c1cc(Cl)c(Cl)cc1n2O. The lowest BCUT2D eigenvalue weighted by Crippen LogP contribution is -2.30. The Bertz CT molecular complexity index is 1120. The van der Waals surface area contributed by atoms with E-state index in [2.05, 4.69) is 0 Å². The highest BCUT2D eigenvalue weighted by molar-refractivity contribution is 6.42. The molecule has 0 radical (unpaired) electrons. The molecule has 132 valence electrons. The van der Waals surface area contributed by atoms with Gasteiger partial charge < -0.3 is 5.21 Å². The maximum atomic E-state index is 12.8. The van der Waals surface area contributed by atoms with Gasteiger partial charge in [0, 0.05) is 11.4 Å². The summed E-state index contributed by atoms with van der Waals surface area (Å²) in [7, 11) is 0. The van der Waals surface area contributed by atoms with Crippen LogP contribution in [0.3, 0.4) is 0 Å². The molecule has 1 heterocycles. The average Bonchev–Trinajstić information content (AvgIpc) is 2.61. The minimum atomic E-state index is -0.432. The molecule has 0 amide bonds. The number of carbonyl (C=O) groups excluding carboxylic acids is 1. The number of rotatable bonds is 1. The van der Waals surface area contributed by atoms with E-state index < -0.39 is 5.43 Å². The van der Waals surface area contributed by atoms with Crippen LogP contribution in [-0.4, -0.2) is 15.7 Å². The zero-order valence-electron chi connectivity index (χ0n) is 13.3. The number of Topliss-reactive ketones (excluding diaryl/α,β-unsaturated/α-hetero) is 1. The normalized spacial score (nSPS) is 16.7. The summed E-state index contributed by atoms with van der Waals surface area (Å²) in [5.74, 6) is -0.447. The molecule has 1 aliphatic rings. The van der Waals surface area contributed by atoms with Gasteiger partial charge in [-0.3, -0.25) is 9.59 Å². The molecule has 0 spiro atoms. The van der Waals surface area contributed by atoms with Crippen LogP contribution in [0, 0.1) is 0 Å². The summed E-state index contributed by atoms with van der Waals surface area (Å²) in [6.07, 6.45) is 0.543. The summed E-state index contributed by atoms with van der Waals surface area (Å²) in [6.45, 7) is 0. The van der Waals surface area contributed by atoms with Crippen molar-refractivity contribution in [3.63, 3.8) is 0 Å². The van der Waals surface area contributed by atoms with Crippen LogP contribution in [0.5, 0.6) is 0 Å². The van der Waals surface area contributed by atoms with E-state index in [9.17, 15) is 14.8 Å². The summed E-state index contributed by atoms with van der Waals surface area (Å²) in [4.78, 5) is 25.5. The van der Waals surface area contributed by atoms with Crippen molar-refractivity contribution in [2.45, 2.75) is 18.8 Å². The molecule has 0 aliphatic heterocycles. The lowest BCUT2D eigenvalue weighted by Gasteiger charge is -2.25. The van der Waals surface area contributed by atoms with Gasteiger partial charge in [-0.1, -0.05) is 46.9 Å². The second kappa shape index (κ2) is 6.31. The first-order valence-corrected chi connectivity index (χ1v) is 9.04. The highest BCUT2D eigenvalue weighted by Crippen LogP contribution is 2.34. The number of hydrogen-bond donors (Lipinski definition) is 1. The van der Waals surface area contributed by atoms with Crippen molar-refractivity contribution in [1.82, 2.24) is 4.73 Å². The maximum absolute atomic E-state index is 12.8. The number of hydrogen-bond acceptors (Lipinski definition) is 3. The van der Waals surface area contributed by atoms with Crippen molar-refractivity contribution in [2.24, 2.45) is 0 Å². The largest absolute Gasteiger partial charge is 0.428 e. The molecule has 2 aromatic carbocycles. The highest BCUT2D eigenvalue weighted by Gasteiger charge is 2.32. The Kier molecular flexibility index (Phi) is 4.22. The zero-order chi connectivity index (χ0) is 18.6. The summed E-state index contributed by atoms with van der Waals surface area (Å²) in [6, 6.07) is 10.0. The molecule has 1 aliphatic carbocycles. The average molecular weight is 409 g/mol. The van der Waals surface area contributed by atoms with Gasteiger partial charge in [0.25, 0.3) is 0 Å². The van der Waals surface area contributed by atoms with Gasteiger partial charge in [0.2, 0.25) is 5.43 Å². The van der Waals surface area contributed by atoms with E-state index in [-0.39, 0.29) is 50.3 Å². The molecule has 26 heavy (non-hydrogen) atoms. The standard InChI is InChI=1S/C19H12Cl3NO3/c20-11-3-1-9(2-4-11)10-5-16-18(17(24)6-10)19(25)12-7-13(21)14(22)8-15(12)23(16)26/h1-4,7-8,10,26H,5-6H2. The quantitative estimate of drug-likeness (QED) is 0.569. The van der Waals surface area contributed by atoms with Gasteiger partial charge in [-0.25, -0.2) is 0 Å². The molecule has 4 nitrogen and oxygen atoms in total. The Hall–Kier alpha value is -2.01. The van der Waals surface area contributed by atoms with Crippen LogP contribution >= 0.6 is 34.8 Å². The van der Waals surface area contributed by atoms with Crippen molar-refractivity contribution < 1.29 is 10.0 Å². The van der Waals surface area contributed by atoms with Gasteiger partial charge >= 0.3 is 0 Å². The summed E-state index contributed by atoms with van der Waals surface area (Å²) in [5, 5.41) is 11.8. The molecule has 4 rings (SSSR count). The Morgan fingerprint density at radius 3 is 2.31 bits per heavy atom. The van der Waals surface area contributed by atoms with Crippen LogP contribution < -0.4 is 5.43 Å². The van der Waals surface area contributed by atoms with Crippen LogP contribution in [0.2, 0.25) is 15.1 Å². The Balaban J connectivity index is 1.92.